The first-order valence-corrected chi connectivity index (χ1v) is 8.35. The Kier molecular flexibility index (Phi) is 8.76. The van der Waals surface area contributed by atoms with Crippen LogP contribution >= 0.6 is 27.7 Å². The van der Waals surface area contributed by atoms with Crippen molar-refractivity contribution in [1.29, 1.82) is 0 Å². The van der Waals surface area contributed by atoms with Gasteiger partial charge in [0.1, 0.15) is 0 Å². The predicted molar refractivity (Wildman–Crippen MR) is 85.5 cm³/mol. The molecule has 0 spiro atoms. The Labute approximate surface area is 124 Å². The van der Waals surface area contributed by atoms with E-state index < -0.39 is 0 Å². The largest absolute Gasteiger partial charge is 0.315 e. The molecule has 1 aromatic carbocycles. The quantitative estimate of drug-likeness (QED) is 0.551. The molecule has 0 fully saturated rings. The van der Waals surface area contributed by atoms with Gasteiger partial charge in [0.05, 0.1) is 0 Å². The average molecular weight is 331 g/mol. The molecule has 2 nitrogen and oxygen atoms in total. The van der Waals surface area contributed by atoms with E-state index in [4.69, 9.17) is 0 Å². The lowest BCUT2D eigenvalue weighted by atomic mass is 10.4. The second-order valence-corrected chi connectivity index (χ2v) is 6.16. The van der Waals surface area contributed by atoms with Crippen LogP contribution in [-0.4, -0.2) is 43.4 Å². The molecule has 0 amide bonds. The molecule has 102 valence electrons. The Morgan fingerprint density at radius 3 is 2.39 bits per heavy atom. The molecule has 0 bridgehead atoms. The summed E-state index contributed by atoms with van der Waals surface area (Å²) in [5, 5.41) is 3.49. The molecule has 0 radical (unpaired) electrons. The Morgan fingerprint density at radius 1 is 1.11 bits per heavy atom. The number of nitrogens with one attached hydrogen (secondary N) is 1. The van der Waals surface area contributed by atoms with Gasteiger partial charge in [-0.1, -0.05) is 29.8 Å². The second kappa shape index (κ2) is 9.84. The number of rotatable bonds is 9. The molecule has 0 aliphatic carbocycles. The first-order chi connectivity index (χ1) is 8.76. The maximum absolute atomic E-state index is 3.49. The molecular weight excluding hydrogens is 308 g/mol. The van der Waals surface area contributed by atoms with E-state index >= 15 is 0 Å². The zero-order valence-electron chi connectivity index (χ0n) is 11.3. The van der Waals surface area contributed by atoms with E-state index in [1.165, 1.54) is 4.90 Å². The van der Waals surface area contributed by atoms with Gasteiger partial charge in [-0.15, -0.1) is 11.8 Å². The first kappa shape index (κ1) is 16.0. The van der Waals surface area contributed by atoms with Crippen molar-refractivity contribution in [3.05, 3.63) is 28.7 Å². The van der Waals surface area contributed by atoms with Gasteiger partial charge in [0, 0.05) is 34.8 Å². The van der Waals surface area contributed by atoms with Crippen LogP contribution in [0.25, 0.3) is 0 Å². The van der Waals surface area contributed by atoms with Crippen molar-refractivity contribution in [3.63, 3.8) is 0 Å². The van der Waals surface area contributed by atoms with Crippen LogP contribution in [0.5, 0.6) is 0 Å². The normalized spacial score (nSPS) is 11.1. The van der Waals surface area contributed by atoms with Crippen LogP contribution in [0.1, 0.15) is 13.8 Å². The number of benzene rings is 1. The third-order valence-corrected chi connectivity index (χ3v) is 4.40. The van der Waals surface area contributed by atoms with Gasteiger partial charge >= 0.3 is 0 Å². The van der Waals surface area contributed by atoms with Gasteiger partial charge in [0.2, 0.25) is 0 Å². The van der Waals surface area contributed by atoms with Crippen LogP contribution in [0.2, 0.25) is 0 Å². The summed E-state index contributed by atoms with van der Waals surface area (Å²) >= 11 is 5.35. The van der Waals surface area contributed by atoms with Crippen molar-refractivity contribution in [3.8, 4) is 0 Å². The van der Waals surface area contributed by atoms with Crippen molar-refractivity contribution in [2.75, 3.05) is 38.5 Å². The molecule has 18 heavy (non-hydrogen) atoms. The third-order valence-electron chi connectivity index (χ3n) is 2.86. The van der Waals surface area contributed by atoms with Crippen molar-refractivity contribution in [2.24, 2.45) is 0 Å². The zero-order chi connectivity index (χ0) is 13.2. The lowest BCUT2D eigenvalue weighted by Gasteiger charge is -2.17. The lowest BCUT2D eigenvalue weighted by molar-refractivity contribution is 0.303. The van der Waals surface area contributed by atoms with E-state index in [2.05, 4.69) is 64.3 Å². The molecular formula is C14H23BrN2S. The Bertz CT molecular complexity index is 312. The van der Waals surface area contributed by atoms with Crippen LogP contribution in [-0.2, 0) is 0 Å². The van der Waals surface area contributed by atoms with E-state index in [0.717, 1.165) is 42.9 Å². The zero-order valence-corrected chi connectivity index (χ0v) is 13.7. The minimum Gasteiger partial charge on any atom is -0.315 e. The SMILES string of the molecule is CCN(CC)CCNCCSc1ccc(Br)cc1. The van der Waals surface area contributed by atoms with Crippen LogP contribution in [0.15, 0.2) is 33.6 Å². The molecule has 0 aliphatic rings. The van der Waals surface area contributed by atoms with Gasteiger partial charge in [0.25, 0.3) is 0 Å². The van der Waals surface area contributed by atoms with Crippen LogP contribution in [0, 0.1) is 0 Å². The van der Waals surface area contributed by atoms with Crippen LogP contribution in [0.3, 0.4) is 0 Å². The summed E-state index contributed by atoms with van der Waals surface area (Å²) in [5.74, 6) is 1.12. The fourth-order valence-corrected chi connectivity index (χ4v) is 2.75. The summed E-state index contributed by atoms with van der Waals surface area (Å²) in [4.78, 5) is 3.78. The molecule has 1 rings (SSSR count). The molecule has 1 N–H and O–H groups in total. The topological polar surface area (TPSA) is 15.3 Å². The summed E-state index contributed by atoms with van der Waals surface area (Å²) in [6.07, 6.45) is 0. The van der Waals surface area contributed by atoms with Gasteiger partial charge in [-0.2, -0.15) is 0 Å². The fraction of sp³-hybridized carbons (Fsp3) is 0.571. The number of halogens is 1. The second-order valence-electron chi connectivity index (χ2n) is 4.08. The van der Waals surface area contributed by atoms with Gasteiger partial charge < -0.3 is 10.2 Å². The van der Waals surface area contributed by atoms with Gasteiger partial charge in [-0.3, -0.25) is 0 Å². The summed E-state index contributed by atoms with van der Waals surface area (Å²) < 4.78 is 1.14. The van der Waals surface area contributed by atoms with Crippen molar-refractivity contribution in [2.45, 2.75) is 18.7 Å². The maximum atomic E-state index is 3.49. The molecule has 0 unspecified atom stereocenters. The Hall–Kier alpha value is -0.0300. The molecule has 0 saturated carbocycles. The molecule has 0 aromatic heterocycles. The van der Waals surface area contributed by atoms with E-state index in [-0.39, 0.29) is 0 Å². The highest BCUT2D eigenvalue weighted by molar-refractivity contribution is 9.10. The van der Waals surface area contributed by atoms with Crippen molar-refractivity contribution in [1.82, 2.24) is 10.2 Å². The number of likely N-dealkylation sites (N-methyl/N-ethyl adjacent to an activating group) is 1. The van der Waals surface area contributed by atoms with E-state index in [0.29, 0.717) is 0 Å². The minimum atomic E-state index is 1.07. The summed E-state index contributed by atoms with van der Waals surface area (Å²) in [5.41, 5.74) is 0. The molecule has 4 heteroatoms. The van der Waals surface area contributed by atoms with E-state index in [1.54, 1.807) is 0 Å². The predicted octanol–water partition coefficient (Wildman–Crippen LogP) is 3.47. The summed E-state index contributed by atoms with van der Waals surface area (Å²) in [6.45, 7) is 10.0. The fourth-order valence-electron chi connectivity index (χ4n) is 1.67. The highest BCUT2D eigenvalue weighted by atomic mass is 79.9. The van der Waals surface area contributed by atoms with Gasteiger partial charge in [0.15, 0.2) is 0 Å². The monoisotopic (exact) mass is 330 g/mol. The minimum absolute atomic E-state index is 1.07. The summed E-state index contributed by atoms with van der Waals surface area (Å²) in [6, 6.07) is 8.50. The van der Waals surface area contributed by atoms with Crippen molar-refractivity contribution >= 4 is 27.7 Å². The van der Waals surface area contributed by atoms with Crippen LogP contribution in [0.4, 0.5) is 0 Å². The number of hydrogen-bond acceptors (Lipinski definition) is 3. The van der Waals surface area contributed by atoms with E-state index in [9.17, 15) is 0 Å². The maximum Gasteiger partial charge on any atom is 0.0176 e. The first-order valence-electron chi connectivity index (χ1n) is 6.57. The molecule has 0 heterocycles. The molecule has 0 aliphatic heterocycles. The average Bonchev–Trinajstić information content (AvgIpc) is 2.40. The number of hydrogen-bond donors (Lipinski definition) is 1. The Balaban J connectivity index is 2.03. The lowest BCUT2D eigenvalue weighted by Crippen LogP contribution is -2.32. The van der Waals surface area contributed by atoms with Gasteiger partial charge in [-0.05, 0) is 37.4 Å². The molecule has 0 atom stereocenters. The highest BCUT2D eigenvalue weighted by Crippen LogP contribution is 2.19. The number of nitrogens with zero attached hydrogens (tertiary/aromatic N) is 1. The number of thioether (sulfide) groups is 1. The van der Waals surface area contributed by atoms with Crippen molar-refractivity contribution < 1.29 is 0 Å². The molecule has 1 aromatic rings. The smallest absolute Gasteiger partial charge is 0.0176 e. The Morgan fingerprint density at radius 2 is 1.78 bits per heavy atom. The van der Waals surface area contributed by atoms with Gasteiger partial charge in [-0.25, -0.2) is 0 Å². The third kappa shape index (κ3) is 6.78. The summed E-state index contributed by atoms with van der Waals surface area (Å²) in [7, 11) is 0. The van der Waals surface area contributed by atoms with Crippen LogP contribution < -0.4 is 5.32 Å². The highest BCUT2D eigenvalue weighted by Gasteiger charge is 1.98. The molecule has 0 saturated heterocycles. The van der Waals surface area contributed by atoms with E-state index in [1.807, 2.05) is 11.8 Å². The standard InChI is InChI=1S/C14H23BrN2S/c1-3-17(4-2)11-9-16-10-12-18-14-7-5-13(15)6-8-14/h5-8,16H,3-4,9-12H2,1-2H3.